The molecule has 17 heteroatoms. The maximum Gasteiger partial charge on any atom is 0.358 e. The second-order valence-electron chi connectivity index (χ2n) is 10.00. The molecule has 2 heterocycles. The van der Waals surface area contributed by atoms with Crippen molar-refractivity contribution in [2.24, 2.45) is 0 Å². The second kappa shape index (κ2) is 17.0. The summed E-state index contributed by atoms with van der Waals surface area (Å²) in [5, 5.41) is 48.6. The molecule has 0 bridgehead atoms. The molecule has 0 spiro atoms. The van der Waals surface area contributed by atoms with Crippen LogP contribution in [0.1, 0.15) is 60.9 Å². The molecular weight excluding hydrogens is 612 g/mol. The number of halogens is 1. The zero-order chi connectivity index (χ0) is 32.2. The van der Waals surface area contributed by atoms with Crippen LogP contribution in [0.25, 0.3) is 22.5 Å². The van der Waals surface area contributed by atoms with Gasteiger partial charge in [-0.25, -0.2) is 19.5 Å². The van der Waals surface area contributed by atoms with E-state index in [1.165, 1.54) is 0 Å². The molecule has 5 N–H and O–H groups in total. The molecule has 0 aliphatic rings. The van der Waals surface area contributed by atoms with Gasteiger partial charge in [-0.05, 0) is 47.6 Å². The fourth-order valence-corrected chi connectivity index (χ4v) is 4.97. The van der Waals surface area contributed by atoms with Gasteiger partial charge in [-0.3, -0.25) is 20.8 Å². The zero-order valence-electron chi connectivity index (χ0n) is 24.5. The smallest absolute Gasteiger partial charge is 0.358 e. The molecule has 16 nitrogen and oxygen atoms in total. The quantitative estimate of drug-likeness (QED) is 0.0574. The molecule has 0 aliphatic carbocycles. The van der Waals surface area contributed by atoms with Crippen LogP contribution in [-0.4, -0.2) is 87.1 Å². The molecule has 0 saturated carbocycles. The Hall–Kier alpha value is -3.84. The second-order valence-corrected chi connectivity index (χ2v) is 10.4. The van der Waals surface area contributed by atoms with Gasteiger partial charge in [-0.2, -0.15) is 5.21 Å². The Kier molecular flexibility index (Phi) is 12.9. The topological polar surface area (TPSA) is 204 Å². The molecule has 0 unspecified atom stereocenters. The van der Waals surface area contributed by atoms with Gasteiger partial charge in [-0.1, -0.05) is 73.5 Å². The van der Waals surface area contributed by atoms with Crippen LogP contribution in [0, 0.1) is 0 Å². The van der Waals surface area contributed by atoms with Crippen LogP contribution >= 0.6 is 11.6 Å². The molecule has 45 heavy (non-hydrogen) atoms. The van der Waals surface area contributed by atoms with Crippen LogP contribution in [0.4, 0.5) is 0 Å². The van der Waals surface area contributed by atoms with Crippen LogP contribution < -0.4 is 0 Å². The summed E-state index contributed by atoms with van der Waals surface area (Å²) < 4.78 is 7.31. The molecule has 2 aromatic carbocycles. The number of H-pyrrole nitrogens is 1. The Morgan fingerprint density at radius 3 is 2.44 bits per heavy atom. The molecule has 1 atom stereocenters. The number of hydrogen-bond acceptors (Lipinski definition) is 14. The van der Waals surface area contributed by atoms with Crippen molar-refractivity contribution < 1.29 is 40.0 Å². The van der Waals surface area contributed by atoms with Crippen molar-refractivity contribution in [3.63, 3.8) is 0 Å². The lowest BCUT2D eigenvalue weighted by molar-refractivity contribution is -0.527. The van der Waals surface area contributed by atoms with Gasteiger partial charge in [-0.15, -0.1) is 10.2 Å². The van der Waals surface area contributed by atoms with Crippen LogP contribution in [0.3, 0.4) is 0 Å². The standard InChI is InChI=1S/C28H35ClN8O8/c1-2-3-11-24-30-26(29)25(28(38)43-16-7-6-8-21(45-37(41)42)18-44-36(39)40)35(24)17-19-12-14-20(15-13-19)22-9-4-5-10-23(22)27-31-33-34-32-27/h4-5,9-10,12-15,21,39-42H,2-3,6-8,11,16-18H2,1H3,(H,31,32,33,34)/t21-/m1/s1. The maximum absolute atomic E-state index is 13.2. The largest absolute Gasteiger partial charge is 0.461 e. The lowest BCUT2D eigenvalue weighted by Crippen LogP contribution is -2.31. The first-order valence-electron chi connectivity index (χ1n) is 14.3. The number of rotatable bonds is 18. The summed E-state index contributed by atoms with van der Waals surface area (Å²) in [6.07, 6.45) is 2.55. The number of imidazole rings is 1. The van der Waals surface area contributed by atoms with Crippen molar-refractivity contribution in [2.75, 3.05) is 13.2 Å². The Labute approximate surface area is 263 Å². The van der Waals surface area contributed by atoms with E-state index in [1.54, 1.807) is 4.57 Å². The van der Waals surface area contributed by atoms with Gasteiger partial charge in [0.2, 0.25) is 5.82 Å². The average Bonchev–Trinajstić information content (AvgIpc) is 3.66. The third-order valence-electron chi connectivity index (χ3n) is 6.84. The number of hydrogen-bond donors (Lipinski definition) is 5. The van der Waals surface area contributed by atoms with E-state index < -0.39 is 22.9 Å². The third-order valence-corrected chi connectivity index (χ3v) is 7.11. The minimum absolute atomic E-state index is 0.0424. The Balaban J connectivity index is 1.43. The first-order chi connectivity index (χ1) is 21.8. The number of aromatic nitrogens is 6. The Morgan fingerprint density at radius 2 is 1.78 bits per heavy atom. The molecular formula is C28H35ClN8O8. The van der Waals surface area contributed by atoms with Crippen molar-refractivity contribution in [3.8, 4) is 22.5 Å². The highest BCUT2D eigenvalue weighted by atomic mass is 35.5. The lowest BCUT2D eigenvalue weighted by Gasteiger charge is -2.19. The van der Waals surface area contributed by atoms with Crippen LogP contribution in [-0.2, 0) is 27.4 Å². The number of benzene rings is 2. The highest BCUT2D eigenvalue weighted by molar-refractivity contribution is 6.32. The fraction of sp³-hybridized carbons (Fsp3) is 0.393. The Morgan fingerprint density at radius 1 is 1.02 bits per heavy atom. The number of carbonyl (C=O) groups is 1. The summed E-state index contributed by atoms with van der Waals surface area (Å²) in [7, 11) is 0. The number of ether oxygens (including phenoxy) is 1. The number of esters is 1. The molecule has 4 rings (SSSR count). The molecule has 0 fully saturated rings. The number of aromatic amines is 1. The third kappa shape index (κ3) is 9.82. The SMILES string of the molecule is CCCCc1nc(Cl)c(C(=O)OCCCC[C@H](CON(O)O)ON(O)O)n1Cc1ccc(-c2ccccc2-c2nn[nH]n2)cc1. The number of nitrogens with zero attached hydrogens (tertiary/aromatic N) is 7. The first-order valence-corrected chi connectivity index (χ1v) is 14.6. The molecule has 0 radical (unpaired) electrons. The number of carbonyl (C=O) groups excluding carboxylic acids is 1. The van der Waals surface area contributed by atoms with Crippen LogP contribution in [0.5, 0.6) is 0 Å². The lowest BCUT2D eigenvalue weighted by atomic mass is 9.98. The van der Waals surface area contributed by atoms with Gasteiger partial charge in [0, 0.05) is 18.5 Å². The van der Waals surface area contributed by atoms with E-state index in [2.05, 4.69) is 37.4 Å². The molecule has 0 amide bonds. The molecule has 4 aromatic rings. The molecule has 242 valence electrons. The summed E-state index contributed by atoms with van der Waals surface area (Å²) in [6.45, 7) is 2.08. The van der Waals surface area contributed by atoms with E-state index in [9.17, 15) is 4.79 Å². The minimum Gasteiger partial charge on any atom is -0.461 e. The Bertz CT molecular complexity index is 1480. The predicted molar refractivity (Wildman–Crippen MR) is 156 cm³/mol. The van der Waals surface area contributed by atoms with E-state index in [0.717, 1.165) is 35.1 Å². The van der Waals surface area contributed by atoms with Crippen molar-refractivity contribution in [3.05, 3.63) is 70.8 Å². The van der Waals surface area contributed by atoms with Crippen molar-refractivity contribution in [1.29, 1.82) is 0 Å². The van der Waals surface area contributed by atoms with Gasteiger partial charge < -0.3 is 9.30 Å². The summed E-state index contributed by atoms with van der Waals surface area (Å²) in [5.41, 5.74) is 3.84. The zero-order valence-corrected chi connectivity index (χ0v) is 25.2. The van der Waals surface area contributed by atoms with E-state index in [1.807, 2.05) is 48.5 Å². The van der Waals surface area contributed by atoms with Gasteiger partial charge >= 0.3 is 5.97 Å². The van der Waals surface area contributed by atoms with E-state index in [0.29, 0.717) is 37.5 Å². The van der Waals surface area contributed by atoms with Crippen LogP contribution in [0.2, 0.25) is 5.15 Å². The number of unbranched alkanes of at least 4 members (excludes halogenated alkanes) is 2. The van der Waals surface area contributed by atoms with E-state index in [-0.39, 0.29) is 30.5 Å². The van der Waals surface area contributed by atoms with Crippen LogP contribution in [0.15, 0.2) is 48.5 Å². The highest BCUT2D eigenvalue weighted by Crippen LogP contribution is 2.30. The summed E-state index contributed by atoms with van der Waals surface area (Å²) in [6, 6.07) is 15.7. The summed E-state index contributed by atoms with van der Waals surface area (Å²) >= 11 is 6.47. The number of nitrogens with one attached hydrogen (secondary N) is 1. The van der Waals surface area contributed by atoms with Crippen molar-refractivity contribution >= 4 is 17.6 Å². The van der Waals surface area contributed by atoms with Gasteiger partial charge in [0.15, 0.2) is 10.8 Å². The first kappa shape index (κ1) is 34.0. The monoisotopic (exact) mass is 646 g/mol. The van der Waals surface area contributed by atoms with Crippen molar-refractivity contribution in [1.82, 2.24) is 41.0 Å². The molecule has 0 aliphatic heterocycles. The predicted octanol–water partition coefficient (Wildman–Crippen LogP) is 4.49. The normalized spacial score (nSPS) is 12.3. The maximum atomic E-state index is 13.2. The fourth-order valence-electron chi connectivity index (χ4n) is 4.69. The average molecular weight is 647 g/mol. The van der Waals surface area contributed by atoms with Gasteiger partial charge in [0.25, 0.3) is 0 Å². The van der Waals surface area contributed by atoms with E-state index in [4.69, 9.17) is 42.0 Å². The molecule has 2 aromatic heterocycles. The van der Waals surface area contributed by atoms with Crippen molar-refractivity contribution in [2.45, 2.75) is 58.1 Å². The number of tetrazole rings is 1. The van der Waals surface area contributed by atoms with Gasteiger partial charge in [0.1, 0.15) is 18.5 Å². The minimum atomic E-state index is -0.923. The highest BCUT2D eigenvalue weighted by Gasteiger charge is 2.24. The summed E-state index contributed by atoms with van der Waals surface area (Å²) in [5.74, 6) is 0.556. The van der Waals surface area contributed by atoms with E-state index >= 15 is 0 Å². The molecule has 0 saturated heterocycles. The number of aryl methyl sites for hydroxylation is 1. The summed E-state index contributed by atoms with van der Waals surface area (Å²) in [4.78, 5) is 26.9. The van der Waals surface area contributed by atoms with Gasteiger partial charge in [0.05, 0.1) is 17.4 Å².